The number of benzene rings is 1. The Kier molecular flexibility index (Phi) is 4.39. The fourth-order valence-corrected chi connectivity index (χ4v) is 2.97. The lowest BCUT2D eigenvalue weighted by Gasteiger charge is -2.22. The number of nitrogens with two attached hydrogens (primary N) is 1. The Labute approximate surface area is 121 Å². The van der Waals surface area contributed by atoms with E-state index in [2.05, 4.69) is 25.2 Å². The van der Waals surface area contributed by atoms with Crippen molar-refractivity contribution in [3.8, 4) is 0 Å². The predicted molar refractivity (Wildman–Crippen MR) is 80.4 cm³/mol. The third-order valence-corrected chi connectivity index (χ3v) is 4.03. The van der Waals surface area contributed by atoms with Crippen molar-refractivity contribution in [3.63, 3.8) is 0 Å². The quantitative estimate of drug-likeness (QED) is 0.880. The number of hydrogen-bond donors (Lipinski definition) is 2. The van der Waals surface area contributed by atoms with Crippen molar-refractivity contribution in [2.45, 2.75) is 19.9 Å². The van der Waals surface area contributed by atoms with Crippen LogP contribution in [0.3, 0.4) is 0 Å². The van der Waals surface area contributed by atoms with Crippen LogP contribution in [0.4, 0.5) is 10.1 Å². The Morgan fingerprint density at radius 2 is 2.10 bits per heavy atom. The SMILES string of the molecule is CC(C)C(Nc1ccc(F)c(C(N)=O)c1)c1cccs1. The summed E-state index contributed by atoms with van der Waals surface area (Å²) in [5, 5.41) is 5.36. The minimum atomic E-state index is -0.761. The lowest BCUT2D eigenvalue weighted by Crippen LogP contribution is -2.17. The smallest absolute Gasteiger partial charge is 0.251 e. The number of hydrogen-bond acceptors (Lipinski definition) is 3. The second-order valence-corrected chi connectivity index (χ2v) is 5.92. The molecule has 1 aromatic carbocycles. The van der Waals surface area contributed by atoms with Gasteiger partial charge in [-0.15, -0.1) is 11.3 Å². The molecule has 0 aliphatic carbocycles. The number of amides is 1. The van der Waals surface area contributed by atoms with Crippen molar-refractivity contribution in [2.75, 3.05) is 5.32 Å². The minimum Gasteiger partial charge on any atom is -0.377 e. The molecular formula is C15H17FN2OS. The second-order valence-electron chi connectivity index (χ2n) is 4.94. The van der Waals surface area contributed by atoms with Crippen LogP contribution in [-0.4, -0.2) is 5.91 Å². The van der Waals surface area contributed by atoms with Crippen LogP contribution in [0.25, 0.3) is 0 Å². The van der Waals surface area contributed by atoms with Crippen molar-refractivity contribution in [2.24, 2.45) is 11.7 Å². The molecule has 0 bridgehead atoms. The molecule has 0 aliphatic rings. The van der Waals surface area contributed by atoms with Crippen LogP contribution in [-0.2, 0) is 0 Å². The van der Waals surface area contributed by atoms with Crippen molar-refractivity contribution >= 4 is 22.9 Å². The molecule has 106 valence electrons. The van der Waals surface area contributed by atoms with E-state index in [-0.39, 0.29) is 11.6 Å². The van der Waals surface area contributed by atoms with E-state index in [9.17, 15) is 9.18 Å². The van der Waals surface area contributed by atoms with Gasteiger partial charge in [0.05, 0.1) is 11.6 Å². The molecule has 2 aromatic rings. The van der Waals surface area contributed by atoms with Crippen LogP contribution in [0.15, 0.2) is 35.7 Å². The van der Waals surface area contributed by atoms with Gasteiger partial charge in [0.1, 0.15) is 5.82 Å². The van der Waals surface area contributed by atoms with E-state index in [1.807, 2.05) is 11.4 Å². The number of halogens is 1. The van der Waals surface area contributed by atoms with Crippen LogP contribution < -0.4 is 11.1 Å². The van der Waals surface area contributed by atoms with Crippen LogP contribution >= 0.6 is 11.3 Å². The van der Waals surface area contributed by atoms with Gasteiger partial charge in [0.15, 0.2) is 0 Å². The van der Waals surface area contributed by atoms with Gasteiger partial charge in [-0.05, 0) is 35.6 Å². The van der Waals surface area contributed by atoms with Crippen molar-refractivity contribution in [1.82, 2.24) is 0 Å². The largest absolute Gasteiger partial charge is 0.377 e. The molecule has 0 spiro atoms. The maximum absolute atomic E-state index is 13.5. The van der Waals surface area contributed by atoms with E-state index in [0.29, 0.717) is 11.6 Å². The van der Waals surface area contributed by atoms with Gasteiger partial charge in [0.2, 0.25) is 0 Å². The molecule has 0 aliphatic heterocycles. The fourth-order valence-electron chi connectivity index (χ4n) is 2.02. The molecule has 5 heteroatoms. The lowest BCUT2D eigenvalue weighted by atomic mass is 10.0. The highest BCUT2D eigenvalue weighted by Crippen LogP contribution is 2.30. The molecule has 1 amide bonds. The molecule has 3 N–H and O–H groups in total. The number of nitrogens with one attached hydrogen (secondary N) is 1. The first-order valence-electron chi connectivity index (χ1n) is 6.38. The molecule has 1 aromatic heterocycles. The maximum atomic E-state index is 13.5. The van der Waals surface area contributed by atoms with Crippen LogP contribution in [0.1, 0.15) is 35.1 Å². The van der Waals surface area contributed by atoms with Crippen LogP contribution in [0.2, 0.25) is 0 Å². The lowest BCUT2D eigenvalue weighted by molar-refractivity contribution is 0.0996. The molecule has 2 rings (SSSR count). The van der Waals surface area contributed by atoms with E-state index >= 15 is 0 Å². The van der Waals surface area contributed by atoms with Gasteiger partial charge >= 0.3 is 0 Å². The van der Waals surface area contributed by atoms with Gasteiger partial charge in [-0.2, -0.15) is 0 Å². The monoisotopic (exact) mass is 292 g/mol. The fraction of sp³-hybridized carbons (Fsp3) is 0.267. The summed E-state index contributed by atoms with van der Waals surface area (Å²) in [4.78, 5) is 12.4. The van der Waals surface area contributed by atoms with Gasteiger partial charge < -0.3 is 11.1 Å². The molecule has 1 atom stereocenters. The maximum Gasteiger partial charge on any atom is 0.251 e. The number of primary amides is 1. The first-order valence-corrected chi connectivity index (χ1v) is 7.26. The third-order valence-electron chi connectivity index (χ3n) is 3.07. The van der Waals surface area contributed by atoms with Gasteiger partial charge in [-0.1, -0.05) is 19.9 Å². The van der Waals surface area contributed by atoms with E-state index in [4.69, 9.17) is 5.73 Å². The Morgan fingerprint density at radius 3 is 2.65 bits per heavy atom. The second kappa shape index (κ2) is 6.05. The summed E-state index contributed by atoms with van der Waals surface area (Å²) in [6.07, 6.45) is 0. The van der Waals surface area contributed by atoms with Gasteiger partial charge in [-0.25, -0.2) is 4.39 Å². The van der Waals surface area contributed by atoms with Crippen LogP contribution in [0.5, 0.6) is 0 Å². The molecule has 0 radical (unpaired) electrons. The number of thiophene rings is 1. The normalized spacial score (nSPS) is 12.4. The first kappa shape index (κ1) is 14.5. The molecule has 1 heterocycles. The molecular weight excluding hydrogens is 275 g/mol. The molecule has 1 unspecified atom stereocenters. The number of carbonyl (C=O) groups is 1. The Balaban J connectivity index is 2.28. The highest BCUT2D eigenvalue weighted by atomic mass is 32.1. The summed E-state index contributed by atoms with van der Waals surface area (Å²) in [6, 6.07) is 8.50. The zero-order valence-corrected chi connectivity index (χ0v) is 12.2. The predicted octanol–water partition coefficient (Wildman–Crippen LogP) is 3.80. The summed E-state index contributed by atoms with van der Waals surface area (Å²) in [7, 11) is 0. The molecule has 3 nitrogen and oxygen atoms in total. The van der Waals surface area contributed by atoms with Crippen molar-refractivity contribution in [1.29, 1.82) is 0 Å². The summed E-state index contributed by atoms with van der Waals surface area (Å²) in [5.41, 5.74) is 5.76. The molecule has 0 fully saturated rings. The highest BCUT2D eigenvalue weighted by molar-refractivity contribution is 7.10. The first-order chi connectivity index (χ1) is 9.49. The van der Waals surface area contributed by atoms with E-state index < -0.39 is 11.7 Å². The highest BCUT2D eigenvalue weighted by Gasteiger charge is 2.17. The summed E-state index contributed by atoms with van der Waals surface area (Å²) in [5.74, 6) is -1.00. The Hall–Kier alpha value is -1.88. The number of anilines is 1. The zero-order chi connectivity index (χ0) is 14.7. The van der Waals surface area contributed by atoms with Crippen molar-refractivity contribution in [3.05, 3.63) is 52.0 Å². The Bertz CT molecular complexity index is 596. The summed E-state index contributed by atoms with van der Waals surface area (Å²) < 4.78 is 13.5. The molecule has 0 saturated heterocycles. The molecule has 0 saturated carbocycles. The average molecular weight is 292 g/mol. The minimum absolute atomic E-state index is 0.0938. The van der Waals surface area contributed by atoms with Gasteiger partial charge in [0.25, 0.3) is 5.91 Å². The van der Waals surface area contributed by atoms with Gasteiger partial charge in [0, 0.05) is 10.6 Å². The zero-order valence-electron chi connectivity index (χ0n) is 11.4. The molecule has 20 heavy (non-hydrogen) atoms. The van der Waals surface area contributed by atoms with Crippen LogP contribution in [0, 0.1) is 11.7 Å². The van der Waals surface area contributed by atoms with Crippen molar-refractivity contribution < 1.29 is 9.18 Å². The summed E-state index contributed by atoms with van der Waals surface area (Å²) in [6.45, 7) is 4.21. The Morgan fingerprint density at radius 1 is 1.35 bits per heavy atom. The standard InChI is InChI=1S/C15H17FN2OS/c1-9(2)14(13-4-3-7-20-13)18-10-5-6-12(16)11(8-10)15(17)19/h3-9,14,18H,1-2H3,(H2,17,19). The average Bonchev–Trinajstić information content (AvgIpc) is 2.90. The van der Waals surface area contributed by atoms with Gasteiger partial charge in [-0.3, -0.25) is 4.79 Å². The summed E-state index contributed by atoms with van der Waals surface area (Å²) >= 11 is 1.66. The van der Waals surface area contributed by atoms with E-state index in [1.54, 1.807) is 17.4 Å². The number of rotatable bonds is 5. The third kappa shape index (κ3) is 3.17. The number of carbonyl (C=O) groups excluding carboxylic acids is 1. The van der Waals surface area contributed by atoms with E-state index in [0.717, 1.165) is 0 Å². The van der Waals surface area contributed by atoms with E-state index in [1.165, 1.54) is 17.0 Å². The topological polar surface area (TPSA) is 55.1 Å².